The Labute approximate surface area is 154 Å². The molecule has 0 heterocycles. The molecule has 2 unspecified atom stereocenters. The molecular formula is C19H25NO5S. The molecule has 0 radical (unpaired) electrons. The number of sulfone groups is 1. The average Bonchev–Trinajstić information content (AvgIpc) is 2.59. The number of aliphatic hydroxyl groups excluding tert-OH is 1. The zero-order chi connectivity index (χ0) is 19.3. The number of aliphatic hydroxyl groups is 1. The molecule has 0 fully saturated rings. The van der Waals surface area contributed by atoms with Gasteiger partial charge in [0, 0.05) is 18.8 Å². The van der Waals surface area contributed by atoms with E-state index in [1.807, 2.05) is 31.2 Å². The number of aromatic hydroxyl groups is 1. The maximum atomic E-state index is 11.7. The third-order valence-corrected chi connectivity index (χ3v) is 5.25. The van der Waals surface area contributed by atoms with Crippen molar-refractivity contribution in [1.29, 1.82) is 0 Å². The minimum Gasteiger partial charge on any atom is -0.507 e. The van der Waals surface area contributed by atoms with Crippen molar-refractivity contribution >= 4 is 9.84 Å². The summed E-state index contributed by atoms with van der Waals surface area (Å²) in [5.74, 6) is 0.489. The van der Waals surface area contributed by atoms with E-state index in [1.165, 1.54) is 18.2 Å². The summed E-state index contributed by atoms with van der Waals surface area (Å²) in [6.07, 6.45) is 0.920. The van der Waals surface area contributed by atoms with Gasteiger partial charge >= 0.3 is 0 Å². The average molecular weight is 379 g/mol. The van der Waals surface area contributed by atoms with Crippen molar-refractivity contribution in [2.24, 2.45) is 0 Å². The SMILES string of the molecule is COc1ccc(CC(C)NCC(O)c2ccc(O)c(S(C)(=O)=O)c2)cc1. The number of hydrogen-bond acceptors (Lipinski definition) is 6. The Kier molecular flexibility index (Phi) is 6.63. The maximum Gasteiger partial charge on any atom is 0.179 e. The van der Waals surface area contributed by atoms with Gasteiger partial charge in [0.05, 0.1) is 13.2 Å². The van der Waals surface area contributed by atoms with Gasteiger partial charge in [0.25, 0.3) is 0 Å². The van der Waals surface area contributed by atoms with E-state index in [2.05, 4.69) is 5.32 Å². The van der Waals surface area contributed by atoms with Crippen molar-refractivity contribution in [2.45, 2.75) is 30.4 Å². The van der Waals surface area contributed by atoms with E-state index in [1.54, 1.807) is 7.11 Å². The summed E-state index contributed by atoms with van der Waals surface area (Å²) in [6, 6.07) is 12.0. The van der Waals surface area contributed by atoms with Gasteiger partial charge in [-0.1, -0.05) is 18.2 Å². The Morgan fingerprint density at radius 2 is 1.81 bits per heavy atom. The highest BCUT2D eigenvalue weighted by Crippen LogP contribution is 2.26. The van der Waals surface area contributed by atoms with Gasteiger partial charge < -0.3 is 20.3 Å². The van der Waals surface area contributed by atoms with E-state index in [0.717, 1.165) is 24.0 Å². The number of ether oxygens (including phenoxy) is 1. The second-order valence-corrected chi connectivity index (χ2v) is 8.36. The first-order valence-electron chi connectivity index (χ1n) is 8.28. The first kappa shape index (κ1) is 20.2. The van der Waals surface area contributed by atoms with Gasteiger partial charge in [-0.2, -0.15) is 0 Å². The summed E-state index contributed by atoms with van der Waals surface area (Å²) < 4.78 is 28.5. The maximum absolute atomic E-state index is 11.7. The summed E-state index contributed by atoms with van der Waals surface area (Å²) in [5, 5.41) is 23.3. The largest absolute Gasteiger partial charge is 0.507 e. The lowest BCUT2D eigenvalue weighted by atomic mass is 10.1. The summed E-state index contributed by atoms with van der Waals surface area (Å²) in [4.78, 5) is -0.180. The molecule has 0 saturated carbocycles. The fourth-order valence-corrected chi connectivity index (χ4v) is 3.45. The number of phenolic OH excluding ortho intramolecular Hbond substituents is 1. The van der Waals surface area contributed by atoms with Gasteiger partial charge in [-0.3, -0.25) is 0 Å². The number of phenols is 1. The Balaban J connectivity index is 1.96. The van der Waals surface area contributed by atoms with Crippen molar-refractivity contribution in [2.75, 3.05) is 19.9 Å². The topological polar surface area (TPSA) is 95.9 Å². The second kappa shape index (κ2) is 8.53. The van der Waals surface area contributed by atoms with Crippen LogP contribution in [0.15, 0.2) is 47.4 Å². The molecule has 0 bridgehead atoms. The molecule has 2 atom stereocenters. The third-order valence-electron chi connectivity index (χ3n) is 4.13. The number of benzene rings is 2. The van der Waals surface area contributed by atoms with Gasteiger partial charge in [-0.05, 0) is 48.7 Å². The van der Waals surface area contributed by atoms with Gasteiger partial charge in [0.1, 0.15) is 16.4 Å². The lowest BCUT2D eigenvalue weighted by molar-refractivity contribution is 0.170. The highest BCUT2D eigenvalue weighted by Gasteiger charge is 2.17. The molecule has 7 heteroatoms. The van der Waals surface area contributed by atoms with Crippen molar-refractivity contribution in [3.05, 3.63) is 53.6 Å². The van der Waals surface area contributed by atoms with Crippen LogP contribution in [-0.4, -0.2) is 44.6 Å². The highest BCUT2D eigenvalue weighted by molar-refractivity contribution is 7.90. The van der Waals surface area contributed by atoms with Crippen LogP contribution in [0.5, 0.6) is 11.5 Å². The zero-order valence-electron chi connectivity index (χ0n) is 15.1. The van der Waals surface area contributed by atoms with Gasteiger partial charge in [-0.15, -0.1) is 0 Å². The van der Waals surface area contributed by atoms with Crippen LogP contribution >= 0.6 is 0 Å². The molecule has 142 valence electrons. The first-order valence-corrected chi connectivity index (χ1v) is 10.2. The van der Waals surface area contributed by atoms with Crippen LogP contribution in [0.2, 0.25) is 0 Å². The predicted octanol–water partition coefficient (Wildman–Crippen LogP) is 2.06. The molecule has 0 aliphatic heterocycles. The van der Waals surface area contributed by atoms with Crippen LogP contribution < -0.4 is 10.1 Å². The molecule has 3 N–H and O–H groups in total. The molecule has 2 rings (SSSR count). The van der Waals surface area contributed by atoms with Crippen LogP contribution in [-0.2, 0) is 16.3 Å². The lowest BCUT2D eigenvalue weighted by Crippen LogP contribution is -2.32. The summed E-state index contributed by atoms with van der Waals surface area (Å²) in [6.45, 7) is 2.28. The quantitative estimate of drug-likeness (QED) is 0.650. The predicted molar refractivity (Wildman–Crippen MR) is 100 cm³/mol. The van der Waals surface area contributed by atoms with Crippen LogP contribution in [0.4, 0.5) is 0 Å². The molecule has 0 saturated heterocycles. The summed E-state index contributed by atoms with van der Waals surface area (Å²) in [5.41, 5.74) is 1.58. The normalized spacial score (nSPS) is 14.0. The minimum atomic E-state index is -3.56. The summed E-state index contributed by atoms with van der Waals surface area (Å²) >= 11 is 0. The Morgan fingerprint density at radius 3 is 2.38 bits per heavy atom. The third kappa shape index (κ3) is 5.45. The number of nitrogens with one attached hydrogen (secondary N) is 1. The van der Waals surface area contributed by atoms with E-state index in [4.69, 9.17) is 4.74 Å². The second-order valence-electron chi connectivity index (χ2n) is 6.38. The molecule has 6 nitrogen and oxygen atoms in total. The van der Waals surface area contributed by atoms with Crippen LogP contribution in [0.1, 0.15) is 24.2 Å². The molecule has 2 aromatic rings. The van der Waals surface area contributed by atoms with Gasteiger partial charge in [-0.25, -0.2) is 8.42 Å². The van der Waals surface area contributed by atoms with Crippen molar-refractivity contribution in [3.8, 4) is 11.5 Å². The molecule has 0 aliphatic carbocycles. The van der Waals surface area contributed by atoms with Gasteiger partial charge in [0.15, 0.2) is 9.84 Å². The number of methoxy groups -OCH3 is 1. The van der Waals surface area contributed by atoms with E-state index >= 15 is 0 Å². The monoisotopic (exact) mass is 379 g/mol. The Hall–Kier alpha value is -2.09. The molecule has 0 amide bonds. The standard InChI is InChI=1S/C19H25NO5S/c1-13(10-14-4-7-16(25-2)8-5-14)20-12-18(22)15-6-9-17(21)19(11-15)26(3,23)24/h4-9,11,13,18,20-22H,10,12H2,1-3H3. The Bertz CT molecular complexity index is 834. The first-order chi connectivity index (χ1) is 12.2. The molecule has 0 aliphatic rings. The van der Waals surface area contributed by atoms with Crippen molar-refractivity contribution in [1.82, 2.24) is 5.32 Å². The Morgan fingerprint density at radius 1 is 1.15 bits per heavy atom. The van der Waals surface area contributed by atoms with Crippen molar-refractivity contribution < 1.29 is 23.4 Å². The fraction of sp³-hybridized carbons (Fsp3) is 0.368. The molecular weight excluding hydrogens is 354 g/mol. The zero-order valence-corrected chi connectivity index (χ0v) is 16.0. The number of rotatable bonds is 8. The van der Waals surface area contributed by atoms with Crippen molar-refractivity contribution in [3.63, 3.8) is 0 Å². The van der Waals surface area contributed by atoms with Crippen LogP contribution in [0.25, 0.3) is 0 Å². The molecule has 0 spiro atoms. The molecule has 26 heavy (non-hydrogen) atoms. The number of hydrogen-bond donors (Lipinski definition) is 3. The molecule has 2 aromatic carbocycles. The van der Waals surface area contributed by atoms with Crippen LogP contribution in [0.3, 0.4) is 0 Å². The van der Waals surface area contributed by atoms with E-state index < -0.39 is 15.9 Å². The highest BCUT2D eigenvalue weighted by atomic mass is 32.2. The lowest BCUT2D eigenvalue weighted by Gasteiger charge is -2.18. The fourth-order valence-electron chi connectivity index (χ4n) is 2.65. The van der Waals surface area contributed by atoms with E-state index in [-0.39, 0.29) is 23.2 Å². The summed E-state index contributed by atoms with van der Waals surface area (Å²) in [7, 11) is -1.93. The smallest absolute Gasteiger partial charge is 0.179 e. The minimum absolute atomic E-state index is 0.115. The molecule has 0 aromatic heterocycles. The van der Waals surface area contributed by atoms with E-state index in [9.17, 15) is 18.6 Å². The van der Waals surface area contributed by atoms with Crippen LogP contribution in [0, 0.1) is 0 Å². The van der Waals surface area contributed by atoms with Gasteiger partial charge in [0.2, 0.25) is 0 Å². The van der Waals surface area contributed by atoms with E-state index in [0.29, 0.717) is 5.56 Å².